The number of aromatic hydroxyl groups is 1. The number of amides is 1. The van der Waals surface area contributed by atoms with Gasteiger partial charge in [0, 0.05) is 24.5 Å². The summed E-state index contributed by atoms with van der Waals surface area (Å²) in [6.45, 7) is 2.75. The molecular formula is C15H16N2O4. The molecule has 1 amide bonds. The van der Waals surface area contributed by atoms with Crippen molar-refractivity contribution in [2.45, 2.75) is 19.9 Å². The third-order valence-electron chi connectivity index (χ3n) is 3.01. The number of benzene rings is 1. The third-order valence-corrected chi connectivity index (χ3v) is 3.01. The van der Waals surface area contributed by atoms with Crippen LogP contribution >= 0.6 is 0 Å². The Bertz CT molecular complexity index is 676. The van der Waals surface area contributed by atoms with Gasteiger partial charge in [-0.05, 0) is 30.7 Å². The average molecular weight is 288 g/mol. The van der Waals surface area contributed by atoms with E-state index in [9.17, 15) is 14.7 Å². The third kappa shape index (κ3) is 3.22. The van der Waals surface area contributed by atoms with Gasteiger partial charge in [-0.25, -0.2) is 4.79 Å². The van der Waals surface area contributed by atoms with Crippen LogP contribution in [0.4, 0.5) is 5.69 Å². The average Bonchev–Trinajstić information content (AvgIpc) is 2.87. The molecule has 0 saturated carbocycles. The number of carbonyl (C=O) groups is 2. The Morgan fingerprint density at radius 1 is 1.29 bits per heavy atom. The van der Waals surface area contributed by atoms with Gasteiger partial charge in [-0.15, -0.1) is 0 Å². The Hall–Kier alpha value is -2.76. The molecule has 0 fully saturated rings. The summed E-state index contributed by atoms with van der Waals surface area (Å²) < 4.78 is 1.83. The first kappa shape index (κ1) is 14.6. The lowest BCUT2D eigenvalue weighted by Gasteiger charge is -2.09. The van der Waals surface area contributed by atoms with Gasteiger partial charge in [0.25, 0.3) is 5.91 Å². The number of aromatic carboxylic acids is 1. The maximum atomic E-state index is 12.2. The number of rotatable bonds is 5. The largest absolute Gasteiger partial charge is 0.507 e. The molecule has 1 aromatic heterocycles. The second-order valence-electron chi connectivity index (χ2n) is 4.58. The Morgan fingerprint density at radius 2 is 2.05 bits per heavy atom. The molecule has 0 radical (unpaired) electrons. The molecule has 6 heteroatoms. The number of nitrogens with zero attached hydrogens (tertiary/aromatic N) is 1. The molecule has 1 aromatic carbocycles. The van der Waals surface area contributed by atoms with E-state index in [1.807, 2.05) is 17.7 Å². The number of carboxylic acids is 1. The van der Waals surface area contributed by atoms with E-state index in [1.165, 1.54) is 18.2 Å². The molecule has 2 rings (SSSR count). The lowest BCUT2D eigenvalue weighted by atomic mass is 10.2. The number of phenols is 1. The molecule has 110 valence electrons. The van der Waals surface area contributed by atoms with Gasteiger partial charge in [0.1, 0.15) is 17.0 Å². The van der Waals surface area contributed by atoms with E-state index in [1.54, 1.807) is 12.1 Å². The Labute approximate surface area is 121 Å². The van der Waals surface area contributed by atoms with E-state index < -0.39 is 5.97 Å². The van der Waals surface area contributed by atoms with Crippen molar-refractivity contribution in [1.82, 2.24) is 4.57 Å². The van der Waals surface area contributed by atoms with Gasteiger partial charge in [0.15, 0.2) is 0 Å². The fraction of sp³-hybridized carbons (Fsp3) is 0.200. The topological polar surface area (TPSA) is 91.6 Å². The highest BCUT2D eigenvalue weighted by Crippen LogP contribution is 2.22. The van der Waals surface area contributed by atoms with Crippen molar-refractivity contribution in [1.29, 1.82) is 0 Å². The maximum absolute atomic E-state index is 12.2. The normalized spacial score (nSPS) is 10.3. The summed E-state index contributed by atoms with van der Waals surface area (Å²) in [6, 6.07) is 7.40. The van der Waals surface area contributed by atoms with Crippen LogP contribution in [-0.2, 0) is 6.54 Å². The second kappa shape index (κ2) is 6.13. The van der Waals surface area contributed by atoms with Crippen LogP contribution in [0.3, 0.4) is 0 Å². The van der Waals surface area contributed by atoms with Crippen LogP contribution in [0.25, 0.3) is 0 Å². The molecule has 2 aromatic rings. The molecule has 3 N–H and O–H groups in total. The van der Waals surface area contributed by atoms with Crippen molar-refractivity contribution in [2.75, 3.05) is 5.32 Å². The second-order valence-corrected chi connectivity index (χ2v) is 4.58. The van der Waals surface area contributed by atoms with Crippen LogP contribution in [0, 0.1) is 0 Å². The predicted molar refractivity (Wildman–Crippen MR) is 77.7 cm³/mol. The molecule has 0 aliphatic heterocycles. The minimum absolute atomic E-state index is 0.206. The molecule has 1 heterocycles. The summed E-state index contributed by atoms with van der Waals surface area (Å²) >= 11 is 0. The summed E-state index contributed by atoms with van der Waals surface area (Å²) in [4.78, 5) is 23.0. The minimum Gasteiger partial charge on any atom is -0.507 e. The van der Waals surface area contributed by atoms with Gasteiger partial charge >= 0.3 is 5.97 Å². The zero-order chi connectivity index (χ0) is 15.4. The van der Waals surface area contributed by atoms with E-state index in [0.717, 1.165) is 13.0 Å². The van der Waals surface area contributed by atoms with Crippen molar-refractivity contribution in [3.8, 4) is 5.75 Å². The zero-order valence-electron chi connectivity index (χ0n) is 11.5. The SMILES string of the molecule is CCCn1cccc1C(=O)Nc1ccc(C(=O)O)c(O)c1. The van der Waals surface area contributed by atoms with Crippen molar-refractivity contribution in [3.63, 3.8) is 0 Å². The Balaban J connectivity index is 2.18. The predicted octanol–water partition coefficient (Wildman–Crippen LogP) is 2.55. The van der Waals surface area contributed by atoms with E-state index >= 15 is 0 Å². The van der Waals surface area contributed by atoms with E-state index in [4.69, 9.17) is 5.11 Å². The van der Waals surface area contributed by atoms with Crippen LogP contribution in [0.5, 0.6) is 5.75 Å². The van der Waals surface area contributed by atoms with Crippen molar-refractivity contribution in [2.24, 2.45) is 0 Å². The fourth-order valence-corrected chi connectivity index (χ4v) is 2.04. The van der Waals surface area contributed by atoms with Crippen LogP contribution in [0.1, 0.15) is 34.2 Å². The van der Waals surface area contributed by atoms with E-state index in [0.29, 0.717) is 11.4 Å². The van der Waals surface area contributed by atoms with Gasteiger partial charge in [-0.2, -0.15) is 0 Å². The lowest BCUT2D eigenvalue weighted by molar-refractivity contribution is 0.0693. The Morgan fingerprint density at radius 3 is 2.67 bits per heavy atom. The number of hydrogen-bond donors (Lipinski definition) is 3. The molecule has 0 unspecified atom stereocenters. The van der Waals surface area contributed by atoms with Gasteiger partial charge < -0.3 is 20.1 Å². The molecule has 0 atom stereocenters. The van der Waals surface area contributed by atoms with Gasteiger partial charge in [-0.3, -0.25) is 4.79 Å². The summed E-state index contributed by atoms with van der Waals surface area (Å²) in [5, 5.41) is 21.1. The van der Waals surface area contributed by atoms with E-state index in [2.05, 4.69) is 5.32 Å². The number of aryl methyl sites for hydroxylation is 1. The lowest BCUT2D eigenvalue weighted by Crippen LogP contribution is -2.16. The summed E-state index contributed by atoms with van der Waals surface area (Å²) in [5.74, 6) is -1.91. The summed E-state index contributed by atoms with van der Waals surface area (Å²) in [7, 11) is 0. The van der Waals surface area contributed by atoms with E-state index in [-0.39, 0.29) is 17.2 Å². The molecule has 21 heavy (non-hydrogen) atoms. The maximum Gasteiger partial charge on any atom is 0.339 e. The molecule has 0 aliphatic rings. The first-order valence-corrected chi connectivity index (χ1v) is 6.55. The van der Waals surface area contributed by atoms with Gasteiger partial charge in [-0.1, -0.05) is 6.92 Å². The molecule has 0 bridgehead atoms. The highest BCUT2D eigenvalue weighted by Gasteiger charge is 2.13. The quantitative estimate of drug-likeness (QED) is 0.788. The summed E-state index contributed by atoms with van der Waals surface area (Å²) in [5.41, 5.74) is 0.646. The number of nitrogens with one attached hydrogen (secondary N) is 1. The first-order valence-electron chi connectivity index (χ1n) is 6.55. The Kier molecular flexibility index (Phi) is 4.27. The highest BCUT2D eigenvalue weighted by molar-refractivity contribution is 6.03. The van der Waals surface area contributed by atoms with Crippen molar-refractivity contribution < 1.29 is 19.8 Å². The van der Waals surface area contributed by atoms with Crippen LogP contribution in [-0.4, -0.2) is 26.7 Å². The smallest absolute Gasteiger partial charge is 0.339 e. The first-order chi connectivity index (χ1) is 10.0. The molecular weight excluding hydrogens is 272 g/mol. The van der Waals surface area contributed by atoms with Gasteiger partial charge in [0.2, 0.25) is 0 Å². The number of carbonyl (C=O) groups excluding carboxylic acids is 1. The monoisotopic (exact) mass is 288 g/mol. The molecule has 6 nitrogen and oxygen atoms in total. The zero-order valence-corrected chi connectivity index (χ0v) is 11.5. The summed E-state index contributed by atoms with van der Waals surface area (Å²) in [6.07, 6.45) is 2.73. The van der Waals surface area contributed by atoms with Crippen LogP contribution in [0.15, 0.2) is 36.5 Å². The number of anilines is 1. The minimum atomic E-state index is -1.22. The molecule has 0 spiro atoms. The van der Waals surface area contributed by atoms with Crippen LogP contribution < -0.4 is 5.32 Å². The van der Waals surface area contributed by atoms with Crippen molar-refractivity contribution in [3.05, 3.63) is 47.8 Å². The fourth-order valence-electron chi connectivity index (χ4n) is 2.04. The van der Waals surface area contributed by atoms with Gasteiger partial charge in [0.05, 0.1) is 0 Å². The molecule has 0 aliphatic carbocycles. The van der Waals surface area contributed by atoms with Crippen LogP contribution in [0.2, 0.25) is 0 Å². The molecule has 0 saturated heterocycles. The number of carboxylic acid groups (broad SMARTS) is 1. The number of hydrogen-bond acceptors (Lipinski definition) is 3. The standard InChI is InChI=1S/C15H16N2O4/c1-2-7-17-8-3-4-12(17)14(19)16-10-5-6-11(15(20)21)13(18)9-10/h3-6,8-9,18H,2,7H2,1H3,(H,16,19)(H,20,21). The van der Waals surface area contributed by atoms with Crippen molar-refractivity contribution >= 4 is 17.6 Å². The number of aromatic nitrogens is 1. The highest BCUT2D eigenvalue weighted by atomic mass is 16.4.